The first-order chi connectivity index (χ1) is 8.49. The van der Waals surface area contributed by atoms with Gasteiger partial charge in [0.1, 0.15) is 10.7 Å². The van der Waals surface area contributed by atoms with Crippen LogP contribution in [0.2, 0.25) is 0 Å². The van der Waals surface area contributed by atoms with Crippen LogP contribution in [0.5, 0.6) is 0 Å². The van der Waals surface area contributed by atoms with E-state index in [1.807, 2.05) is 6.92 Å². The fraction of sp³-hybridized carbons (Fsp3) is 0.545. The van der Waals surface area contributed by atoms with Gasteiger partial charge in [0.25, 0.3) is 0 Å². The Hall–Kier alpha value is -1.05. The van der Waals surface area contributed by atoms with Crippen LogP contribution >= 0.6 is 0 Å². The third kappa shape index (κ3) is 4.32. The number of hydrogen-bond donors (Lipinski definition) is 2. The highest BCUT2D eigenvalue weighted by Gasteiger charge is 2.19. The minimum absolute atomic E-state index is 0.183. The van der Waals surface area contributed by atoms with Crippen LogP contribution in [0, 0.1) is 5.82 Å². The Morgan fingerprint density at radius 1 is 1.50 bits per heavy atom. The molecule has 5 nitrogen and oxygen atoms in total. The lowest BCUT2D eigenvalue weighted by Gasteiger charge is -2.16. The van der Waals surface area contributed by atoms with E-state index in [4.69, 9.17) is 5.73 Å². The SMILES string of the molecule is CCCCC(CN)NS(=O)(=O)c1cncc(F)c1. The Morgan fingerprint density at radius 3 is 2.78 bits per heavy atom. The van der Waals surface area contributed by atoms with Crippen LogP contribution < -0.4 is 10.5 Å². The molecule has 1 aromatic heterocycles. The van der Waals surface area contributed by atoms with Crippen molar-refractivity contribution < 1.29 is 12.8 Å². The highest BCUT2D eigenvalue weighted by Crippen LogP contribution is 2.10. The van der Waals surface area contributed by atoms with E-state index >= 15 is 0 Å². The van der Waals surface area contributed by atoms with Crippen molar-refractivity contribution in [2.75, 3.05) is 6.54 Å². The molecule has 0 saturated heterocycles. The Kier molecular flexibility index (Phi) is 5.64. The van der Waals surface area contributed by atoms with E-state index in [1.54, 1.807) is 0 Å². The summed E-state index contributed by atoms with van der Waals surface area (Å²) in [5.74, 6) is -0.685. The molecule has 1 atom stereocenters. The zero-order valence-corrected chi connectivity index (χ0v) is 11.1. The molecule has 0 aromatic carbocycles. The Labute approximate surface area is 107 Å². The minimum atomic E-state index is -3.76. The van der Waals surface area contributed by atoms with Gasteiger partial charge in [-0.15, -0.1) is 0 Å². The van der Waals surface area contributed by atoms with E-state index in [2.05, 4.69) is 9.71 Å². The molecule has 0 spiro atoms. The van der Waals surface area contributed by atoms with Gasteiger partial charge in [-0.1, -0.05) is 19.8 Å². The van der Waals surface area contributed by atoms with Crippen molar-refractivity contribution in [1.82, 2.24) is 9.71 Å². The monoisotopic (exact) mass is 275 g/mol. The number of pyridine rings is 1. The van der Waals surface area contributed by atoms with Crippen LogP contribution in [0.25, 0.3) is 0 Å². The van der Waals surface area contributed by atoms with Crippen molar-refractivity contribution in [3.8, 4) is 0 Å². The maximum Gasteiger partial charge on any atom is 0.242 e. The van der Waals surface area contributed by atoms with Gasteiger partial charge in [0.2, 0.25) is 10.0 Å². The summed E-state index contributed by atoms with van der Waals surface area (Å²) < 4.78 is 39.3. The molecule has 18 heavy (non-hydrogen) atoms. The normalized spacial score (nSPS) is 13.5. The fourth-order valence-electron chi connectivity index (χ4n) is 1.50. The molecule has 3 N–H and O–H groups in total. The van der Waals surface area contributed by atoms with Gasteiger partial charge in [-0.3, -0.25) is 4.98 Å². The summed E-state index contributed by atoms with van der Waals surface area (Å²) in [6.07, 6.45) is 4.57. The number of rotatable bonds is 7. The number of nitrogens with zero attached hydrogens (tertiary/aromatic N) is 1. The maximum atomic E-state index is 12.9. The summed E-state index contributed by atoms with van der Waals surface area (Å²) >= 11 is 0. The molecular formula is C11H18FN3O2S. The number of aromatic nitrogens is 1. The molecule has 0 aliphatic heterocycles. The number of nitrogens with two attached hydrogens (primary N) is 1. The second-order valence-electron chi connectivity index (χ2n) is 4.04. The number of sulfonamides is 1. The Balaban J connectivity index is 2.80. The molecule has 0 amide bonds. The zero-order valence-electron chi connectivity index (χ0n) is 10.3. The largest absolute Gasteiger partial charge is 0.329 e. The van der Waals surface area contributed by atoms with Crippen molar-refractivity contribution in [3.05, 3.63) is 24.3 Å². The topological polar surface area (TPSA) is 85.1 Å². The molecule has 0 radical (unpaired) electrons. The van der Waals surface area contributed by atoms with Gasteiger partial charge in [0.15, 0.2) is 0 Å². The second-order valence-corrected chi connectivity index (χ2v) is 5.75. The fourth-order valence-corrected chi connectivity index (χ4v) is 2.76. The van der Waals surface area contributed by atoms with Gasteiger partial charge in [-0.05, 0) is 12.5 Å². The Bertz CT molecular complexity index is 479. The zero-order chi connectivity index (χ0) is 13.6. The third-order valence-corrected chi connectivity index (χ3v) is 3.99. The maximum absolute atomic E-state index is 12.9. The van der Waals surface area contributed by atoms with Gasteiger partial charge in [0.05, 0.1) is 6.20 Å². The molecule has 1 unspecified atom stereocenters. The number of halogens is 1. The van der Waals surface area contributed by atoms with Crippen molar-refractivity contribution in [2.45, 2.75) is 37.1 Å². The first-order valence-electron chi connectivity index (χ1n) is 5.82. The molecule has 1 aromatic rings. The predicted octanol–water partition coefficient (Wildman–Crippen LogP) is 1.02. The van der Waals surface area contributed by atoms with Crippen molar-refractivity contribution in [2.24, 2.45) is 5.73 Å². The first kappa shape index (κ1) is 15.0. The Morgan fingerprint density at radius 2 is 2.22 bits per heavy atom. The van der Waals surface area contributed by atoms with Gasteiger partial charge < -0.3 is 5.73 Å². The van der Waals surface area contributed by atoms with Crippen LogP contribution in [-0.4, -0.2) is 26.0 Å². The molecule has 0 aliphatic rings. The van der Waals surface area contributed by atoms with Gasteiger partial charge in [0, 0.05) is 18.8 Å². The van der Waals surface area contributed by atoms with Gasteiger partial charge >= 0.3 is 0 Å². The van der Waals surface area contributed by atoms with E-state index in [1.165, 1.54) is 0 Å². The average Bonchev–Trinajstić information content (AvgIpc) is 2.34. The smallest absolute Gasteiger partial charge is 0.242 e. The molecule has 0 aliphatic carbocycles. The summed E-state index contributed by atoms with van der Waals surface area (Å²) in [5.41, 5.74) is 5.51. The standard InChI is InChI=1S/C11H18FN3O2S/c1-2-3-4-10(6-13)15-18(16,17)11-5-9(12)7-14-8-11/h5,7-8,10,15H,2-4,6,13H2,1H3. The quantitative estimate of drug-likeness (QED) is 0.778. The highest BCUT2D eigenvalue weighted by molar-refractivity contribution is 7.89. The second kappa shape index (κ2) is 6.77. The summed E-state index contributed by atoms with van der Waals surface area (Å²) in [4.78, 5) is 3.34. The molecular weight excluding hydrogens is 257 g/mol. The van der Waals surface area contributed by atoms with Crippen molar-refractivity contribution >= 4 is 10.0 Å². The molecule has 7 heteroatoms. The summed E-state index contributed by atoms with van der Waals surface area (Å²) in [6, 6.07) is 0.598. The third-order valence-electron chi connectivity index (χ3n) is 2.50. The van der Waals surface area contributed by atoms with E-state index < -0.39 is 15.8 Å². The van der Waals surface area contributed by atoms with E-state index in [-0.39, 0.29) is 17.5 Å². The summed E-state index contributed by atoms with van der Waals surface area (Å²) in [7, 11) is -3.76. The molecule has 102 valence electrons. The number of hydrogen-bond acceptors (Lipinski definition) is 4. The van der Waals surface area contributed by atoms with E-state index in [0.717, 1.165) is 31.3 Å². The summed E-state index contributed by atoms with van der Waals surface area (Å²) in [6.45, 7) is 2.22. The summed E-state index contributed by atoms with van der Waals surface area (Å²) in [5, 5.41) is 0. The lowest BCUT2D eigenvalue weighted by atomic mass is 10.1. The highest BCUT2D eigenvalue weighted by atomic mass is 32.2. The molecule has 1 rings (SSSR count). The van der Waals surface area contributed by atoms with Crippen LogP contribution in [0.3, 0.4) is 0 Å². The van der Waals surface area contributed by atoms with Crippen LogP contribution in [-0.2, 0) is 10.0 Å². The van der Waals surface area contributed by atoms with Gasteiger partial charge in [-0.2, -0.15) is 0 Å². The molecule has 1 heterocycles. The molecule has 0 bridgehead atoms. The van der Waals surface area contributed by atoms with Crippen molar-refractivity contribution in [3.63, 3.8) is 0 Å². The molecule has 0 fully saturated rings. The van der Waals surface area contributed by atoms with Crippen LogP contribution in [0.15, 0.2) is 23.4 Å². The van der Waals surface area contributed by atoms with E-state index in [9.17, 15) is 12.8 Å². The lowest BCUT2D eigenvalue weighted by molar-refractivity contribution is 0.515. The van der Waals surface area contributed by atoms with Gasteiger partial charge in [-0.25, -0.2) is 17.5 Å². The van der Waals surface area contributed by atoms with Crippen LogP contribution in [0.1, 0.15) is 26.2 Å². The predicted molar refractivity (Wildman–Crippen MR) is 66.9 cm³/mol. The van der Waals surface area contributed by atoms with Crippen LogP contribution in [0.4, 0.5) is 4.39 Å². The average molecular weight is 275 g/mol. The minimum Gasteiger partial charge on any atom is -0.329 e. The lowest BCUT2D eigenvalue weighted by Crippen LogP contribution is -2.40. The number of nitrogens with one attached hydrogen (secondary N) is 1. The molecule has 0 saturated carbocycles. The van der Waals surface area contributed by atoms with E-state index in [0.29, 0.717) is 6.42 Å². The van der Waals surface area contributed by atoms with Crippen molar-refractivity contribution in [1.29, 1.82) is 0 Å². The number of unbranched alkanes of at least 4 members (excludes halogenated alkanes) is 1. The first-order valence-corrected chi connectivity index (χ1v) is 7.31.